The van der Waals surface area contributed by atoms with Crippen LogP contribution in [0.5, 0.6) is 0 Å². The van der Waals surface area contributed by atoms with Gasteiger partial charge in [0.1, 0.15) is 11.7 Å². The number of rotatable bonds is 2. The minimum Gasteiger partial charge on any atom is -0.689 e. The second kappa shape index (κ2) is 3.46. The van der Waals surface area contributed by atoms with Crippen LogP contribution >= 0.6 is 11.6 Å². The Kier molecular flexibility index (Phi) is 2.87. The smallest absolute Gasteiger partial charge is 0.135 e. The molecule has 0 aliphatic heterocycles. The maximum absolute atomic E-state index is 9.79. The van der Waals surface area contributed by atoms with Gasteiger partial charge in [-0.05, 0) is 6.92 Å². The van der Waals surface area contributed by atoms with Gasteiger partial charge in [0.25, 0.3) is 0 Å². The van der Waals surface area contributed by atoms with Crippen LogP contribution in [0, 0.1) is 0 Å². The molecule has 4 atom stereocenters. The van der Waals surface area contributed by atoms with Gasteiger partial charge in [-0.3, -0.25) is 0 Å². The van der Waals surface area contributed by atoms with E-state index in [1.807, 2.05) is 0 Å². The average Bonchev–Trinajstić information content (AvgIpc) is 2.31. The average molecular weight is 207 g/mol. The molecule has 76 valence electrons. The first-order valence-electron chi connectivity index (χ1n) is 3.98. The van der Waals surface area contributed by atoms with Crippen molar-refractivity contribution in [3.63, 3.8) is 0 Å². The molecule has 0 aromatic rings. The van der Waals surface area contributed by atoms with Crippen LogP contribution in [0.25, 0.3) is 5.32 Å². The normalized spacial score (nSPS) is 41.5. The second-order valence-corrected chi connectivity index (χ2v) is 3.67. The van der Waals surface area contributed by atoms with Gasteiger partial charge in [0.05, 0.1) is 11.5 Å². The Morgan fingerprint density at radius 2 is 2.23 bits per heavy atom. The maximum Gasteiger partial charge on any atom is 0.135 e. The van der Waals surface area contributed by atoms with E-state index in [9.17, 15) is 15.3 Å². The summed E-state index contributed by atoms with van der Waals surface area (Å²) >= 11 is 5.77. The Labute approximate surface area is 81.8 Å². The Morgan fingerprint density at radius 1 is 1.69 bits per heavy atom. The highest BCUT2D eigenvalue weighted by atomic mass is 35.5. The van der Waals surface area contributed by atoms with Crippen LogP contribution in [0.1, 0.15) is 6.92 Å². The quantitative estimate of drug-likeness (QED) is 0.556. The Balaban J connectivity index is 2.96. The van der Waals surface area contributed by atoms with Crippen LogP contribution in [-0.2, 0) is 0 Å². The van der Waals surface area contributed by atoms with Crippen molar-refractivity contribution >= 4 is 11.6 Å². The van der Waals surface area contributed by atoms with E-state index in [-0.39, 0.29) is 0 Å². The molecule has 13 heavy (non-hydrogen) atoms. The number of halogens is 1. The zero-order chi connectivity index (χ0) is 10.2. The number of hydrogen-bond acceptors (Lipinski definition) is 3. The molecule has 1 rings (SSSR count). The fourth-order valence-corrected chi connectivity index (χ4v) is 1.72. The summed E-state index contributed by atoms with van der Waals surface area (Å²) in [6.45, 7) is 1.39. The van der Waals surface area contributed by atoms with E-state index in [0.717, 1.165) is 0 Å². The summed E-state index contributed by atoms with van der Waals surface area (Å²) in [4.78, 5) is 0. The molecule has 0 radical (unpaired) electrons. The topological polar surface area (TPSA) is 74.8 Å². The van der Waals surface area contributed by atoms with E-state index in [2.05, 4.69) is 5.32 Å². The SMILES string of the molecule is C[N-]C1=CC(O)(C(C)O)C(O)C1Cl. The first-order valence-corrected chi connectivity index (χ1v) is 4.42. The molecule has 0 fully saturated rings. The number of aliphatic hydroxyl groups is 3. The van der Waals surface area contributed by atoms with Gasteiger partial charge in [-0.2, -0.15) is 0 Å². The summed E-state index contributed by atoms with van der Waals surface area (Å²) in [5.74, 6) is 0. The van der Waals surface area contributed by atoms with Crippen LogP contribution in [0.2, 0.25) is 0 Å². The number of hydrogen-bond donors (Lipinski definition) is 3. The molecule has 1 aliphatic carbocycles. The second-order valence-electron chi connectivity index (χ2n) is 3.20. The van der Waals surface area contributed by atoms with Gasteiger partial charge in [-0.25, -0.2) is 0 Å². The van der Waals surface area contributed by atoms with Crippen molar-refractivity contribution in [1.82, 2.24) is 0 Å². The standard InChI is InChI=1S/C8H13ClNO3/c1-4(11)8(13)3-5(10-2)6(9)7(8)12/h3-4,6-7,11-13H,1-2H3/q-1. The highest BCUT2D eigenvalue weighted by Crippen LogP contribution is 2.36. The Bertz CT molecular complexity index is 231. The van der Waals surface area contributed by atoms with Crippen LogP contribution in [-0.4, -0.2) is 45.6 Å². The maximum atomic E-state index is 9.79. The largest absolute Gasteiger partial charge is 0.689 e. The van der Waals surface area contributed by atoms with Crippen molar-refractivity contribution in [1.29, 1.82) is 0 Å². The predicted octanol–water partition coefficient (Wildman–Crippen LogP) is -0.0324. The first kappa shape index (κ1) is 10.8. The summed E-state index contributed by atoms with van der Waals surface area (Å²) in [5.41, 5.74) is -1.28. The molecule has 0 aromatic carbocycles. The number of nitrogens with zero attached hydrogens (tertiary/aromatic N) is 1. The predicted molar refractivity (Wildman–Crippen MR) is 49.6 cm³/mol. The van der Waals surface area contributed by atoms with Crippen molar-refractivity contribution in [2.75, 3.05) is 7.05 Å². The minimum absolute atomic E-state index is 0.401. The highest BCUT2D eigenvalue weighted by molar-refractivity contribution is 6.23. The summed E-state index contributed by atoms with van der Waals surface area (Å²) in [7, 11) is 1.52. The molecular weight excluding hydrogens is 194 g/mol. The lowest BCUT2D eigenvalue weighted by atomic mass is 9.95. The molecular formula is C8H13ClNO3-. The van der Waals surface area contributed by atoms with Crippen molar-refractivity contribution in [3.05, 3.63) is 17.1 Å². The highest BCUT2D eigenvalue weighted by Gasteiger charge is 2.46. The van der Waals surface area contributed by atoms with Crippen LogP contribution in [0.15, 0.2) is 11.8 Å². The van der Waals surface area contributed by atoms with Crippen molar-refractivity contribution < 1.29 is 15.3 Å². The Hall–Kier alpha value is -0.290. The van der Waals surface area contributed by atoms with Gasteiger partial charge in [0.15, 0.2) is 0 Å². The summed E-state index contributed by atoms with van der Waals surface area (Å²) in [6, 6.07) is 0. The molecule has 0 bridgehead atoms. The summed E-state index contributed by atoms with van der Waals surface area (Å²) in [6.07, 6.45) is -0.990. The van der Waals surface area contributed by atoms with E-state index in [4.69, 9.17) is 11.6 Å². The van der Waals surface area contributed by atoms with Gasteiger partial charge >= 0.3 is 0 Å². The van der Waals surface area contributed by atoms with Gasteiger partial charge in [0.2, 0.25) is 0 Å². The van der Waals surface area contributed by atoms with Crippen LogP contribution in [0.3, 0.4) is 0 Å². The van der Waals surface area contributed by atoms with E-state index < -0.39 is 23.2 Å². The third-order valence-corrected chi connectivity index (χ3v) is 2.80. The van der Waals surface area contributed by atoms with Gasteiger partial charge < -0.3 is 20.6 Å². The molecule has 0 saturated heterocycles. The Morgan fingerprint density at radius 3 is 2.46 bits per heavy atom. The molecule has 0 heterocycles. The summed E-state index contributed by atoms with van der Waals surface area (Å²) < 4.78 is 0. The van der Waals surface area contributed by atoms with E-state index in [1.54, 1.807) is 0 Å². The molecule has 0 spiro atoms. The fourth-order valence-electron chi connectivity index (χ4n) is 1.35. The monoisotopic (exact) mass is 206 g/mol. The third-order valence-electron chi connectivity index (χ3n) is 2.34. The fraction of sp³-hybridized carbons (Fsp3) is 0.750. The van der Waals surface area contributed by atoms with Gasteiger partial charge in [-0.1, -0.05) is 6.08 Å². The lowest BCUT2D eigenvalue weighted by Crippen LogP contribution is -2.49. The van der Waals surface area contributed by atoms with Gasteiger partial charge in [-0.15, -0.1) is 24.3 Å². The summed E-state index contributed by atoms with van der Waals surface area (Å²) in [5, 5.41) is 31.6. The molecule has 3 N–H and O–H groups in total. The molecule has 5 heteroatoms. The lowest BCUT2D eigenvalue weighted by molar-refractivity contribution is -0.0974. The van der Waals surface area contributed by atoms with Crippen molar-refractivity contribution in [2.45, 2.75) is 30.1 Å². The van der Waals surface area contributed by atoms with E-state index >= 15 is 0 Å². The first-order chi connectivity index (χ1) is 5.93. The van der Waals surface area contributed by atoms with Crippen LogP contribution in [0.4, 0.5) is 0 Å². The minimum atomic E-state index is -1.68. The molecule has 4 nitrogen and oxygen atoms in total. The molecule has 0 saturated carbocycles. The molecule has 0 aromatic heterocycles. The molecule has 4 unspecified atom stereocenters. The zero-order valence-corrected chi connectivity index (χ0v) is 8.23. The lowest BCUT2D eigenvalue weighted by Gasteiger charge is -2.29. The zero-order valence-electron chi connectivity index (χ0n) is 7.48. The van der Waals surface area contributed by atoms with Gasteiger partial charge in [0, 0.05) is 0 Å². The van der Waals surface area contributed by atoms with Crippen molar-refractivity contribution in [2.24, 2.45) is 0 Å². The van der Waals surface area contributed by atoms with Crippen molar-refractivity contribution in [3.8, 4) is 0 Å². The van der Waals surface area contributed by atoms with E-state index in [1.165, 1.54) is 20.0 Å². The number of alkyl halides is 1. The number of aliphatic hydroxyl groups excluding tert-OH is 2. The third kappa shape index (κ3) is 1.55. The molecule has 0 amide bonds. The van der Waals surface area contributed by atoms with E-state index in [0.29, 0.717) is 5.70 Å². The molecule has 1 aliphatic rings. The van der Waals surface area contributed by atoms with Crippen LogP contribution < -0.4 is 0 Å².